The standard InChI is InChI=1S/C14H26O.C12H20O.C11H18O.C10H18O.C9H14O.C3H6O.BHN.V/c1-2-15-14-12-10-8-6-4-3-5-7-9-11-13-14;1-2-13-12-8-7-10-5-3-4-6-11(10)9-12;1-8(2)12-7-11-6-9-3-4-10(11)5-9;1-9(2)11-8-10-6-4-3-5-7-10;1-2-10-9-7-3-4-8(9)6-5-7;1-3-4-2;1-2;/h2,14H,1,3-13H2;2,10-12H,1,3-9H2;9-11H,1,3-7H2,2H3;10H,1,3-8H2,2H3;2,7-9H,1,3-6H2;3H,1H2,2H3;2H;/i;;;;;;2D;. The van der Waals surface area contributed by atoms with Crippen molar-refractivity contribution in [1.82, 2.24) is 0 Å². The maximum Gasteiger partial charge on any atom is 0 e. The van der Waals surface area contributed by atoms with Gasteiger partial charge in [-0.25, -0.2) is 0 Å². The Morgan fingerprint density at radius 3 is 1.40 bits per heavy atom. The molecule has 8 saturated carbocycles. The molecule has 0 aliphatic heterocycles. The van der Waals surface area contributed by atoms with Gasteiger partial charge in [0.25, 0.3) is 0 Å². The molecule has 0 aromatic carbocycles. The zero-order valence-electron chi connectivity index (χ0n) is 45.2. The minimum atomic E-state index is 0. The smallest absolute Gasteiger partial charge is 0 e. The number of ether oxygens (including phenoxy) is 6. The van der Waals surface area contributed by atoms with E-state index in [4.69, 9.17) is 25.1 Å². The Bertz CT molecular complexity index is 1320. The van der Waals surface area contributed by atoms with Crippen molar-refractivity contribution in [2.45, 2.75) is 231 Å². The molecule has 1 N–H and O–H groups in total. The van der Waals surface area contributed by atoms with Gasteiger partial charge in [-0.3, -0.25) is 0 Å². The third-order valence-electron chi connectivity index (χ3n) is 16.0. The van der Waals surface area contributed by atoms with Crippen LogP contribution < -0.4 is 0 Å². The van der Waals surface area contributed by atoms with Gasteiger partial charge in [0.2, 0.25) is 0 Å². The fourth-order valence-electron chi connectivity index (χ4n) is 12.5. The summed E-state index contributed by atoms with van der Waals surface area (Å²) in [6, 6.07) is 0. The van der Waals surface area contributed by atoms with E-state index < -0.39 is 0 Å². The summed E-state index contributed by atoms with van der Waals surface area (Å²) < 4.78 is 37.3. The normalized spacial score (nSPS) is 29.4. The molecule has 9 heteroatoms. The van der Waals surface area contributed by atoms with Crippen LogP contribution in [0.3, 0.4) is 0 Å². The predicted molar refractivity (Wildman–Crippen MR) is 283 cm³/mol. The quantitative estimate of drug-likeness (QED) is 0.146. The second-order valence-corrected chi connectivity index (χ2v) is 21.0. The van der Waals surface area contributed by atoms with Crippen molar-refractivity contribution >= 4 is 7.64 Å². The summed E-state index contributed by atoms with van der Waals surface area (Å²) in [5, 5.41) is 2.25. The van der Waals surface area contributed by atoms with E-state index in [1.807, 2.05) is 13.8 Å². The summed E-state index contributed by atoms with van der Waals surface area (Å²) in [6.07, 6.45) is 50.8. The Hall–Kier alpha value is -2.31. The second kappa shape index (κ2) is 41.3. The van der Waals surface area contributed by atoms with Crippen LogP contribution in [-0.4, -0.2) is 46.3 Å². The van der Waals surface area contributed by atoms with Gasteiger partial charge in [0.15, 0.2) is 0 Å². The molecule has 2 radical (unpaired) electrons. The van der Waals surface area contributed by atoms with E-state index >= 15 is 0 Å². The molecule has 6 unspecified atom stereocenters. The molecule has 68 heavy (non-hydrogen) atoms. The zero-order chi connectivity index (χ0) is 49.6. The van der Waals surface area contributed by atoms with Gasteiger partial charge in [-0.05, 0) is 164 Å². The summed E-state index contributed by atoms with van der Waals surface area (Å²) in [4.78, 5) is 0. The second-order valence-electron chi connectivity index (χ2n) is 21.0. The molecule has 0 amide bonds. The minimum absolute atomic E-state index is 0. The maximum absolute atomic E-state index is 5.61. The van der Waals surface area contributed by atoms with Gasteiger partial charge in [-0.15, -0.1) is 0 Å². The molecule has 388 valence electrons. The summed E-state index contributed by atoms with van der Waals surface area (Å²) in [6.45, 7) is 27.3. The largest absolute Gasteiger partial charge is 0 e. The third-order valence-corrected chi connectivity index (χ3v) is 16.0. The molecule has 8 aliphatic carbocycles. The topological polar surface area (TPSA) is 79.2 Å². The first kappa shape index (κ1) is 61.8. The number of methoxy groups -OCH3 is 1. The molecule has 8 fully saturated rings. The van der Waals surface area contributed by atoms with Crippen molar-refractivity contribution in [3.63, 3.8) is 0 Å². The number of fused-ring (bicyclic) bond motifs is 5. The first-order valence-electron chi connectivity index (χ1n) is 27.9. The minimum Gasteiger partial charge on any atom is 0 e. The summed E-state index contributed by atoms with van der Waals surface area (Å²) in [5.74, 6) is 9.12. The van der Waals surface area contributed by atoms with Gasteiger partial charge < -0.3 is 28.4 Å². The van der Waals surface area contributed by atoms with Crippen molar-refractivity contribution < 1.29 is 48.4 Å². The molecule has 0 aromatic heterocycles. The predicted octanol–water partition coefficient (Wildman–Crippen LogP) is 17.4. The number of nitrogens with one attached hydrogen (secondary N) is 1. The molecule has 6 atom stereocenters. The Balaban J connectivity index is 0.000000417. The first-order valence-corrected chi connectivity index (χ1v) is 27.5. The molecule has 8 aliphatic rings. The molecular formula is C59H103BNO6V. The van der Waals surface area contributed by atoms with Crippen LogP contribution in [0.2, 0.25) is 1.41 Å². The van der Waals surface area contributed by atoms with E-state index in [0.29, 0.717) is 18.3 Å². The van der Waals surface area contributed by atoms with Crippen molar-refractivity contribution in [2.75, 3.05) is 20.3 Å². The Kier molecular flexibility index (Phi) is 37.6. The van der Waals surface area contributed by atoms with Gasteiger partial charge in [0.05, 0.1) is 69.1 Å². The van der Waals surface area contributed by atoms with E-state index in [-0.39, 0.29) is 18.6 Å². The summed E-state index contributed by atoms with van der Waals surface area (Å²) in [5.41, 5.74) is 0. The van der Waals surface area contributed by atoms with Gasteiger partial charge in [-0.2, -0.15) is 0 Å². The average molecular weight is 985 g/mol. The average Bonchev–Trinajstić information content (AvgIpc) is 4.17. The van der Waals surface area contributed by atoms with Crippen LogP contribution in [0.5, 0.6) is 0 Å². The first-order chi connectivity index (χ1) is 33.1. The van der Waals surface area contributed by atoms with Gasteiger partial charge >= 0.3 is 14.4 Å². The molecule has 0 aromatic rings. The molecule has 8 rings (SSSR count). The van der Waals surface area contributed by atoms with E-state index in [9.17, 15) is 0 Å². The van der Waals surface area contributed by atoms with Crippen molar-refractivity contribution in [1.29, 1.82) is 5.31 Å². The summed E-state index contributed by atoms with van der Waals surface area (Å²) in [7, 11) is 5.70. The SMILES string of the molecule is C=C(C)OCC1CC2CCC1C2.C=C(C)OCC1CCCCC1.C=COC.C=COC1C2CCC1CC2.C=COC1CCC2CCCCC2C1.C=COC1CCCCCCCCCCC1.[2H]N=[B].[V]. The van der Waals surface area contributed by atoms with Crippen LogP contribution in [0.15, 0.2) is 76.0 Å². The van der Waals surface area contributed by atoms with E-state index in [0.717, 1.165) is 72.1 Å². The monoisotopic (exact) mass is 985 g/mol. The number of hydrogen-bond donors (Lipinski definition) is 1. The zero-order valence-corrected chi connectivity index (χ0v) is 45.6. The fraction of sp³-hybridized carbons (Fsp3) is 0.797. The summed E-state index contributed by atoms with van der Waals surface area (Å²) >= 11 is 0. The molecular weight excluding hydrogens is 880 g/mol. The number of hydrogen-bond acceptors (Lipinski definition) is 7. The molecule has 0 spiro atoms. The van der Waals surface area contributed by atoms with Crippen LogP contribution in [0, 0.1) is 52.6 Å². The maximum atomic E-state index is 5.61. The fourth-order valence-corrected chi connectivity index (χ4v) is 12.5. The van der Waals surface area contributed by atoms with Crippen molar-refractivity contribution in [2.24, 2.45) is 47.3 Å². The third kappa shape index (κ3) is 27.9. The van der Waals surface area contributed by atoms with Crippen molar-refractivity contribution in [3.8, 4) is 0 Å². The number of rotatable bonds is 13. The van der Waals surface area contributed by atoms with Gasteiger partial charge in [0, 0.05) is 18.6 Å². The van der Waals surface area contributed by atoms with Crippen LogP contribution in [-0.2, 0) is 47.0 Å². The molecule has 4 bridgehead atoms. The van der Waals surface area contributed by atoms with Gasteiger partial charge in [0.1, 0.15) is 6.10 Å². The van der Waals surface area contributed by atoms with E-state index in [1.54, 1.807) is 25.9 Å². The van der Waals surface area contributed by atoms with Crippen molar-refractivity contribution in [3.05, 3.63) is 76.0 Å². The van der Waals surface area contributed by atoms with Crippen LogP contribution in [0.25, 0.3) is 0 Å². The Morgan fingerprint density at radius 2 is 0.926 bits per heavy atom. The Labute approximate surface area is 434 Å². The molecule has 0 heterocycles. The molecule has 7 nitrogen and oxygen atoms in total. The van der Waals surface area contributed by atoms with E-state index in [2.05, 4.69) is 57.2 Å². The van der Waals surface area contributed by atoms with Crippen LogP contribution in [0.1, 0.15) is 213 Å². The van der Waals surface area contributed by atoms with Crippen LogP contribution >= 0.6 is 0 Å². The number of allylic oxidation sites excluding steroid dienone is 2. The van der Waals surface area contributed by atoms with Crippen LogP contribution in [0.4, 0.5) is 0 Å². The van der Waals surface area contributed by atoms with Gasteiger partial charge in [-0.1, -0.05) is 136 Å². The molecule has 0 saturated heterocycles. The van der Waals surface area contributed by atoms with E-state index in [1.165, 1.54) is 205 Å². The Morgan fingerprint density at radius 1 is 0.500 bits per heavy atom.